The van der Waals surface area contributed by atoms with Gasteiger partial charge in [0.05, 0.1) is 5.60 Å². The summed E-state index contributed by atoms with van der Waals surface area (Å²) in [5.41, 5.74) is 2.85. The summed E-state index contributed by atoms with van der Waals surface area (Å²) < 4.78 is 0. The molecule has 1 aliphatic heterocycles. The molecule has 1 heterocycles. The molecule has 0 aromatic heterocycles. The van der Waals surface area contributed by atoms with Crippen molar-refractivity contribution in [3.63, 3.8) is 0 Å². The van der Waals surface area contributed by atoms with Gasteiger partial charge >= 0.3 is 0 Å². The highest BCUT2D eigenvalue weighted by Gasteiger charge is 2.63. The van der Waals surface area contributed by atoms with Crippen molar-refractivity contribution in [1.82, 2.24) is 4.90 Å². The van der Waals surface area contributed by atoms with Crippen molar-refractivity contribution in [1.29, 1.82) is 0 Å². The van der Waals surface area contributed by atoms with E-state index in [9.17, 15) is 10.2 Å². The van der Waals surface area contributed by atoms with Crippen molar-refractivity contribution in [3.8, 4) is 5.75 Å². The largest absolute Gasteiger partial charge is 0.508 e. The Kier molecular flexibility index (Phi) is 3.37. The summed E-state index contributed by atoms with van der Waals surface area (Å²) in [5, 5.41) is 21.9. The standard InChI is InChI=1S/C20H27NO2/c1-14(2)13-21-10-9-19-7-3-4-8-20(19,23)18(21)11-15-5-6-16(22)12-17(15)19/h5-6,12,18,22-23H,1,3-4,7-11,13H2,2H3/t18-,19+,20?/m1/s1. The van der Waals surface area contributed by atoms with Crippen molar-refractivity contribution >= 4 is 0 Å². The van der Waals surface area contributed by atoms with Crippen LogP contribution in [0.15, 0.2) is 30.4 Å². The van der Waals surface area contributed by atoms with Gasteiger partial charge in [0.15, 0.2) is 0 Å². The van der Waals surface area contributed by atoms with Gasteiger partial charge in [-0.05, 0) is 62.4 Å². The molecule has 0 spiro atoms. The molecule has 1 aromatic rings. The predicted octanol–water partition coefficient (Wildman–Crippen LogP) is 3.14. The molecule has 3 heteroatoms. The maximum absolute atomic E-state index is 11.8. The van der Waals surface area contributed by atoms with Crippen molar-refractivity contribution in [2.75, 3.05) is 13.1 Å². The molecular weight excluding hydrogens is 286 g/mol. The van der Waals surface area contributed by atoms with Crippen LogP contribution in [-0.2, 0) is 11.8 Å². The van der Waals surface area contributed by atoms with Crippen LogP contribution in [0.3, 0.4) is 0 Å². The lowest BCUT2D eigenvalue weighted by Crippen LogP contribution is -2.72. The number of phenols is 1. The Morgan fingerprint density at radius 3 is 2.87 bits per heavy atom. The van der Waals surface area contributed by atoms with Gasteiger partial charge in [-0.1, -0.05) is 31.1 Å². The number of aromatic hydroxyl groups is 1. The monoisotopic (exact) mass is 313 g/mol. The Bertz CT molecular complexity index is 655. The Balaban J connectivity index is 1.86. The van der Waals surface area contributed by atoms with Crippen LogP contribution in [0.5, 0.6) is 5.75 Å². The van der Waals surface area contributed by atoms with Crippen LogP contribution in [0.2, 0.25) is 0 Å². The molecule has 2 aliphatic carbocycles. The van der Waals surface area contributed by atoms with Gasteiger partial charge in [-0.25, -0.2) is 0 Å². The highest BCUT2D eigenvalue weighted by Crippen LogP contribution is 2.58. The fourth-order valence-electron chi connectivity index (χ4n) is 5.63. The quantitative estimate of drug-likeness (QED) is 0.824. The third-order valence-electron chi connectivity index (χ3n) is 6.55. The first kappa shape index (κ1) is 15.2. The van der Waals surface area contributed by atoms with Gasteiger partial charge in [0.25, 0.3) is 0 Å². The van der Waals surface area contributed by atoms with Crippen LogP contribution in [0, 0.1) is 0 Å². The third kappa shape index (κ3) is 2.03. The number of phenolic OH excluding ortho intramolecular Hbond substituents is 1. The van der Waals surface area contributed by atoms with Crippen LogP contribution in [0.25, 0.3) is 0 Å². The number of aliphatic hydroxyl groups is 1. The van der Waals surface area contributed by atoms with E-state index < -0.39 is 5.60 Å². The molecular formula is C20H27NO2. The maximum atomic E-state index is 11.8. The van der Waals surface area contributed by atoms with Gasteiger partial charge in [-0.3, -0.25) is 4.90 Å². The summed E-state index contributed by atoms with van der Waals surface area (Å²) in [6, 6.07) is 5.96. The van der Waals surface area contributed by atoms with Crippen molar-refractivity contribution in [2.24, 2.45) is 0 Å². The molecule has 0 amide bonds. The summed E-state index contributed by atoms with van der Waals surface area (Å²) in [7, 11) is 0. The van der Waals surface area contributed by atoms with Gasteiger partial charge in [-0.15, -0.1) is 0 Å². The van der Waals surface area contributed by atoms with Gasteiger partial charge in [0.2, 0.25) is 0 Å². The number of hydrogen-bond donors (Lipinski definition) is 2. The van der Waals surface area contributed by atoms with E-state index in [0.717, 1.165) is 50.8 Å². The van der Waals surface area contributed by atoms with E-state index in [1.54, 1.807) is 6.07 Å². The number of piperidine rings is 1. The van der Waals surface area contributed by atoms with E-state index in [1.807, 2.05) is 6.07 Å². The second-order valence-corrected chi connectivity index (χ2v) is 7.95. The first-order valence-electron chi connectivity index (χ1n) is 8.89. The van der Waals surface area contributed by atoms with Gasteiger partial charge < -0.3 is 10.2 Å². The van der Waals surface area contributed by atoms with Crippen molar-refractivity contribution in [2.45, 2.75) is 62.5 Å². The van der Waals surface area contributed by atoms with Gasteiger partial charge in [0.1, 0.15) is 5.75 Å². The average Bonchev–Trinajstić information content (AvgIpc) is 2.50. The summed E-state index contributed by atoms with van der Waals surface area (Å²) in [6.07, 6.45) is 6.04. The molecule has 2 fully saturated rings. The number of likely N-dealkylation sites (tertiary alicyclic amines) is 1. The number of nitrogens with zero attached hydrogens (tertiary/aromatic N) is 1. The molecule has 3 aliphatic rings. The van der Waals surface area contributed by atoms with E-state index in [4.69, 9.17) is 0 Å². The first-order chi connectivity index (χ1) is 11.0. The van der Waals surface area contributed by atoms with Crippen LogP contribution in [0.4, 0.5) is 0 Å². The Morgan fingerprint density at radius 2 is 2.09 bits per heavy atom. The maximum Gasteiger partial charge on any atom is 0.115 e. The normalized spacial score (nSPS) is 36.2. The smallest absolute Gasteiger partial charge is 0.115 e. The Morgan fingerprint density at radius 1 is 1.30 bits per heavy atom. The first-order valence-corrected chi connectivity index (χ1v) is 8.89. The number of benzene rings is 1. The minimum absolute atomic E-state index is 0.172. The SMILES string of the molecule is C=C(C)CN1CC[C@]23CCCCC2(O)[C@H]1Cc1ccc(O)cc13. The zero-order valence-corrected chi connectivity index (χ0v) is 14.0. The van der Waals surface area contributed by atoms with Crippen LogP contribution in [-0.4, -0.2) is 39.8 Å². The molecule has 4 rings (SSSR count). The fourth-order valence-corrected chi connectivity index (χ4v) is 5.63. The number of fused-ring (bicyclic) bond motifs is 1. The van der Waals surface area contributed by atoms with Crippen LogP contribution >= 0.6 is 0 Å². The lowest BCUT2D eigenvalue weighted by atomic mass is 9.49. The molecule has 2 bridgehead atoms. The van der Waals surface area contributed by atoms with E-state index in [1.165, 1.54) is 17.5 Å². The fraction of sp³-hybridized carbons (Fsp3) is 0.600. The van der Waals surface area contributed by atoms with Crippen molar-refractivity contribution in [3.05, 3.63) is 41.5 Å². The minimum Gasteiger partial charge on any atom is -0.508 e. The zero-order valence-electron chi connectivity index (χ0n) is 14.0. The second kappa shape index (κ2) is 5.09. The number of rotatable bonds is 2. The topological polar surface area (TPSA) is 43.7 Å². The second-order valence-electron chi connectivity index (χ2n) is 7.95. The van der Waals surface area contributed by atoms with Crippen LogP contribution in [0.1, 0.15) is 50.2 Å². The lowest BCUT2D eigenvalue weighted by Gasteiger charge is -2.64. The van der Waals surface area contributed by atoms with E-state index in [0.29, 0.717) is 5.75 Å². The minimum atomic E-state index is -0.667. The van der Waals surface area contributed by atoms with Gasteiger partial charge in [-0.2, -0.15) is 0 Å². The van der Waals surface area contributed by atoms with Crippen molar-refractivity contribution < 1.29 is 10.2 Å². The lowest BCUT2D eigenvalue weighted by molar-refractivity contribution is -0.164. The molecule has 124 valence electrons. The van der Waals surface area contributed by atoms with Gasteiger partial charge in [0, 0.05) is 18.0 Å². The predicted molar refractivity (Wildman–Crippen MR) is 91.7 cm³/mol. The zero-order chi connectivity index (χ0) is 16.2. The summed E-state index contributed by atoms with van der Waals surface area (Å²) in [6.45, 7) is 8.03. The summed E-state index contributed by atoms with van der Waals surface area (Å²) in [4.78, 5) is 2.45. The Hall–Kier alpha value is -1.32. The summed E-state index contributed by atoms with van der Waals surface area (Å²) >= 11 is 0. The Labute approximate surface area is 138 Å². The highest BCUT2D eigenvalue weighted by atomic mass is 16.3. The molecule has 0 radical (unpaired) electrons. The molecule has 3 atom stereocenters. The molecule has 1 aromatic carbocycles. The molecule has 2 N–H and O–H groups in total. The average molecular weight is 313 g/mol. The molecule has 1 saturated carbocycles. The van der Waals surface area contributed by atoms with E-state index in [2.05, 4.69) is 24.5 Å². The molecule has 23 heavy (non-hydrogen) atoms. The van der Waals surface area contributed by atoms with E-state index in [-0.39, 0.29) is 11.5 Å². The summed E-state index contributed by atoms with van der Waals surface area (Å²) in [5.74, 6) is 0.328. The number of hydrogen-bond acceptors (Lipinski definition) is 3. The van der Waals surface area contributed by atoms with Crippen LogP contribution < -0.4 is 0 Å². The third-order valence-corrected chi connectivity index (χ3v) is 6.55. The highest BCUT2D eigenvalue weighted by molar-refractivity contribution is 5.48. The van der Waals surface area contributed by atoms with E-state index >= 15 is 0 Å². The molecule has 1 unspecified atom stereocenters. The molecule has 1 saturated heterocycles. The molecule has 3 nitrogen and oxygen atoms in total.